The first kappa shape index (κ1) is 12.5. The van der Waals surface area contributed by atoms with Crippen LogP contribution in [0.5, 0.6) is 10.9 Å². The van der Waals surface area contributed by atoms with Gasteiger partial charge in [-0.15, -0.1) is 11.6 Å². The van der Waals surface area contributed by atoms with Crippen molar-refractivity contribution >= 4 is 34.5 Å². The van der Waals surface area contributed by atoms with E-state index in [0.29, 0.717) is 4.88 Å². The summed E-state index contributed by atoms with van der Waals surface area (Å²) >= 11 is 12.5. The summed E-state index contributed by atoms with van der Waals surface area (Å²) in [5, 5.41) is 0.424. The summed E-state index contributed by atoms with van der Waals surface area (Å²) in [6.45, 7) is 0. The Morgan fingerprint density at radius 3 is 2.41 bits per heavy atom. The van der Waals surface area contributed by atoms with Crippen molar-refractivity contribution in [3.8, 4) is 10.9 Å². The highest BCUT2D eigenvalue weighted by Gasteiger charge is 2.11. The Labute approximate surface area is 110 Å². The second kappa shape index (κ2) is 5.16. The molecule has 7 heteroatoms. The first-order valence-electron chi connectivity index (χ1n) is 4.43. The number of thiazole rings is 1. The average molecular weight is 296 g/mol. The van der Waals surface area contributed by atoms with Crippen molar-refractivity contribution < 1.29 is 13.5 Å². The van der Waals surface area contributed by atoms with Gasteiger partial charge in [0.2, 0.25) is 0 Å². The van der Waals surface area contributed by atoms with Gasteiger partial charge in [0, 0.05) is 18.2 Å². The van der Waals surface area contributed by atoms with Gasteiger partial charge >= 0.3 is 0 Å². The first-order chi connectivity index (χ1) is 8.08. The maximum Gasteiger partial charge on any atom is 0.280 e. The van der Waals surface area contributed by atoms with Crippen molar-refractivity contribution in [2.45, 2.75) is 5.88 Å². The minimum atomic E-state index is -0.722. The van der Waals surface area contributed by atoms with Crippen LogP contribution >= 0.6 is 34.5 Å². The highest BCUT2D eigenvalue weighted by molar-refractivity contribution is 7.14. The maximum atomic E-state index is 12.9. The largest absolute Gasteiger partial charge is 0.431 e. The summed E-state index contributed by atoms with van der Waals surface area (Å²) in [5.41, 5.74) is 0. The molecule has 0 fully saturated rings. The third-order valence-electron chi connectivity index (χ3n) is 1.79. The van der Waals surface area contributed by atoms with Crippen LogP contribution in [-0.2, 0) is 5.88 Å². The molecule has 1 aromatic heterocycles. The molecule has 2 rings (SSSR count). The molecule has 90 valence electrons. The van der Waals surface area contributed by atoms with Crippen molar-refractivity contribution in [3.63, 3.8) is 0 Å². The molecular formula is C10H5Cl2F2NOS. The average Bonchev–Trinajstić information content (AvgIpc) is 2.57. The number of aromatic nitrogens is 1. The Morgan fingerprint density at radius 2 is 1.88 bits per heavy atom. The second-order valence-electron chi connectivity index (χ2n) is 3.03. The van der Waals surface area contributed by atoms with Gasteiger partial charge in [-0.05, 0) is 0 Å². The first-order valence-corrected chi connectivity index (χ1v) is 6.16. The Morgan fingerprint density at radius 1 is 1.24 bits per heavy atom. The van der Waals surface area contributed by atoms with E-state index in [0.717, 1.165) is 29.5 Å². The molecule has 0 unspecified atom stereocenters. The van der Waals surface area contributed by atoms with E-state index in [9.17, 15) is 8.78 Å². The lowest BCUT2D eigenvalue weighted by molar-refractivity contribution is 0.465. The van der Waals surface area contributed by atoms with Crippen LogP contribution in [0, 0.1) is 11.6 Å². The molecule has 0 bridgehead atoms. The highest BCUT2D eigenvalue weighted by atomic mass is 35.5. The molecule has 0 spiro atoms. The van der Waals surface area contributed by atoms with E-state index in [2.05, 4.69) is 4.98 Å². The maximum absolute atomic E-state index is 12.9. The summed E-state index contributed by atoms with van der Waals surface area (Å²) in [7, 11) is 0. The van der Waals surface area contributed by atoms with Crippen LogP contribution in [0.15, 0.2) is 18.2 Å². The minimum Gasteiger partial charge on any atom is -0.431 e. The number of halogens is 4. The van der Waals surface area contributed by atoms with E-state index >= 15 is 0 Å². The van der Waals surface area contributed by atoms with Crippen molar-refractivity contribution in [1.82, 2.24) is 4.98 Å². The van der Waals surface area contributed by atoms with E-state index in [1.54, 1.807) is 0 Å². The lowest BCUT2D eigenvalue weighted by Crippen LogP contribution is -1.86. The second-order valence-corrected chi connectivity index (χ2v) is 4.71. The minimum absolute atomic E-state index is 0.0223. The van der Waals surface area contributed by atoms with Crippen molar-refractivity contribution in [2.75, 3.05) is 0 Å². The molecular weight excluding hydrogens is 291 g/mol. The molecule has 1 heterocycles. The lowest BCUT2D eigenvalue weighted by atomic mass is 10.3. The fourth-order valence-electron chi connectivity index (χ4n) is 1.13. The summed E-state index contributed by atoms with van der Waals surface area (Å²) in [6.07, 6.45) is 0. The van der Waals surface area contributed by atoms with Gasteiger partial charge in [0.25, 0.3) is 5.19 Å². The van der Waals surface area contributed by atoms with Gasteiger partial charge in [-0.3, -0.25) is 0 Å². The molecule has 2 aromatic rings. The van der Waals surface area contributed by atoms with Gasteiger partial charge in [-0.2, -0.15) is 4.98 Å². The molecule has 0 amide bonds. The third-order valence-corrected chi connectivity index (χ3v) is 3.58. The predicted octanol–water partition coefficient (Wildman–Crippen LogP) is 4.61. The van der Waals surface area contributed by atoms with Crippen LogP contribution < -0.4 is 4.74 Å². The number of hydrogen-bond donors (Lipinski definition) is 0. The fourth-order valence-corrected chi connectivity index (χ4v) is 2.47. The fraction of sp³-hybridized carbons (Fsp3) is 0.100. The Balaban J connectivity index is 2.24. The van der Waals surface area contributed by atoms with Gasteiger partial charge in [0.15, 0.2) is 0 Å². The Kier molecular flexibility index (Phi) is 3.81. The zero-order valence-corrected chi connectivity index (χ0v) is 10.5. The SMILES string of the molecule is Fc1cc(F)cc(Oc2nc(Cl)c(CCl)s2)c1. The van der Waals surface area contributed by atoms with E-state index in [1.165, 1.54) is 0 Å². The molecule has 0 atom stereocenters. The van der Waals surface area contributed by atoms with Crippen LogP contribution in [0.25, 0.3) is 0 Å². The van der Waals surface area contributed by atoms with Gasteiger partial charge in [0.1, 0.15) is 22.5 Å². The van der Waals surface area contributed by atoms with Crippen molar-refractivity contribution in [3.05, 3.63) is 39.9 Å². The highest BCUT2D eigenvalue weighted by Crippen LogP contribution is 2.33. The standard InChI is InChI=1S/C10H5Cl2F2NOS/c11-4-8-9(12)15-10(17-8)16-7-2-5(13)1-6(14)3-7/h1-3H,4H2. The van der Waals surface area contributed by atoms with Gasteiger partial charge in [-0.25, -0.2) is 8.78 Å². The predicted molar refractivity (Wildman–Crippen MR) is 63.1 cm³/mol. The number of benzene rings is 1. The van der Waals surface area contributed by atoms with Crippen LogP contribution in [-0.4, -0.2) is 4.98 Å². The van der Waals surface area contributed by atoms with E-state index in [1.807, 2.05) is 0 Å². The number of hydrogen-bond acceptors (Lipinski definition) is 3. The van der Waals surface area contributed by atoms with Gasteiger partial charge in [0.05, 0.1) is 10.8 Å². The summed E-state index contributed by atoms with van der Waals surface area (Å²) in [6, 6.07) is 2.86. The molecule has 0 aliphatic rings. The van der Waals surface area contributed by atoms with Gasteiger partial charge < -0.3 is 4.74 Å². The quantitative estimate of drug-likeness (QED) is 0.772. The molecule has 2 nitrogen and oxygen atoms in total. The summed E-state index contributed by atoms with van der Waals surface area (Å²) in [4.78, 5) is 4.51. The molecule has 0 N–H and O–H groups in total. The normalized spacial score (nSPS) is 10.6. The number of nitrogens with zero attached hydrogens (tertiary/aromatic N) is 1. The van der Waals surface area contributed by atoms with Crippen molar-refractivity contribution in [2.24, 2.45) is 0 Å². The van der Waals surface area contributed by atoms with Crippen LogP contribution in [0.3, 0.4) is 0 Å². The monoisotopic (exact) mass is 295 g/mol. The van der Waals surface area contributed by atoms with Crippen LogP contribution in [0.1, 0.15) is 4.88 Å². The molecule has 0 saturated heterocycles. The lowest BCUT2D eigenvalue weighted by Gasteiger charge is -2.01. The number of rotatable bonds is 3. The molecule has 0 aliphatic carbocycles. The zero-order valence-electron chi connectivity index (χ0n) is 8.21. The third kappa shape index (κ3) is 3.06. The molecule has 1 aromatic carbocycles. The van der Waals surface area contributed by atoms with Crippen LogP contribution in [0.4, 0.5) is 8.78 Å². The van der Waals surface area contributed by atoms with Gasteiger partial charge in [-0.1, -0.05) is 22.9 Å². The summed E-state index contributed by atoms with van der Waals surface area (Å²) in [5.74, 6) is -1.22. The van der Waals surface area contributed by atoms with Crippen molar-refractivity contribution in [1.29, 1.82) is 0 Å². The smallest absolute Gasteiger partial charge is 0.280 e. The molecule has 0 radical (unpaired) electrons. The van der Waals surface area contributed by atoms with E-state index in [-0.39, 0.29) is 22.0 Å². The van der Waals surface area contributed by atoms with E-state index in [4.69, 9.17) is 27.9 Å². The Bertz CT molecular complexity index is 527. The molecule has 0 saturated carbocycles. The Hall–Kier alpha value is -0.910. The number of alkyl halides is 1. The zero-order chi connectivity index (χ0) is 12.4. The summed E-state index contributed by atoms with van der Waals surface area (Å²) < 4.78 is 31.0. The molecule has 0 aliphatic heterocycles. The van der Waals surface area contributed by atoms with E-state index < -0.39 is 11.6 Å². The van der Waals surface area contributed by atoms with Crippen LogP contribution in [0.2, 0.25) is 5.15 Å². The topological polar surface area (TPSA) is 22.1 Å². The number of ether oxygens (including phenoxy) is 1. The molecule has 17 heavy (non-hydrogen) atoms.